The molecule has 22 N–H and O–H groups in total. The van der Waals surface area contributed by atoms with Crippen molar-refractivity contribution in [3.05, 3.63) is 71.8 Å². The lowest BCUT2D eigenvalue weighted by Gasteiger charge is -2.32. The summed E-state index contributed by atoms with van der Waals surface area (Å²) in [5.74, 6) is -9.80. The van der Waals surface area contributed by atoms with Gasteiger partial charge in [0.15, 0.2) is 5.96 Å². The minimum absolute atomic E-state index is 0.0736. The van der Waals surface area contributed by atoms with Gasteiger partial charge in [0.2, 0.25) is 76.8 Å². The van der Waals surface area contributed by atoms with Crippen LogP contribution in [0.15, 0.2) is 65.7 Å². The van der Waals surface area contributed by atoms with Crippen molar-refractivity contribution in [1.82, 2.24) is 52.3 Å². The van der Waals surface area contributed by atoms with Crippen LogP contribution in [0.1, 0.15) is 121 Å². The van der Waals surface area contributed by atoms with Crippen molar-refractivity contribution in [2.75, 3.05) is 44.7 Å². The quantitative estimate of drug-likeness (QED) is 0.0173. The van der Waals surface area contributed by atoms with E-state index in [1.54, 1.807) is 60.7 Å². The van der Waals surface area contributed by atoms with E-state index in [0.717, 1.165) is 0 Å². The molecule has 95 heavy (non-hydrogen) atoms. The Balaban J connectivity index is 1.56. The zero-order valence-electron chi connectivity index (χ0n) is 54.5. The Kier molecular flexibility index (Phi) is 33.9. The molecule has 0 spiro atoms. The molecule has 0 unspecified atom stereocenters. The van der Waals surface area contributed by atoms with Crippen LogP contribution in [0.2, 0.25) is 0 Å². The molecule has 31 nitrogen and oxygen atoms in total. The van der Waals surface area contributed by atoms with E-state index in [9.17, 15) is 62.3 Å². The second-order valence-electron chi connectivity index (χ2n) is 24.1. The van der Waals surface area contributed by atoms with Crippen molar-refractivity contribution >= 4 is 94.5 Å². The highest BCUT2D eigenvalue weighted by molar-refractivity contribution is 7.98. The topological polar surface area (TPSA) is 519 Å². The number of aliphatic imine (C=N–C) groups is 1. The lowest BCUT2D eigenvalue weighted by atomic mass is 10.0. The molecule has 2 aliphatic rings. The monoisotopic (exact) mass is 1350 g/mol. The maximum absolute atomic E-state index is 14.7. The van der Waals surface area contributed by atoms with Gasteiger partial charge in [-0.15, -0.1) is 0 Å². The van der Waals surface area contributed by atoms with E-state index >= 15 is 0 Å². The summed E-state index contributed by atoms with van der Waals surface area (Å²) in [6.07, 6.45) is 3.12. The first kappa shape index (κ1) is 78.5. The molecule has 2 fully saturated rings. The van der Waals surface area contributed by atoms with E-state index in [1.807, 2.05) is 20.1 Å². The third-order valence-corrected chi connectivity index (χ3v) is 16.7. The molecule has 13 amide bonds. The van der Waals surface area contributed by atoms with Gasteiger partial charge in [-0.2, -0.15) is 11.8 Å². The molecular weight excluding hydrogens is 1250 g/mol. The average Bonchev–Trinajstić information content (AvgIpc) is 1.74. The van der Waals surface area contributed by atoms with E-state index < -0.39 is 169 Å². The van der Waals surface area contributed by atoms with Gasteiger partial charge in [-0.05, 0) is 119 Å². The molecule has 2 aliphatic heterocycles. The lowest BCUT2D eigenvalue weighted by Crippen LogP contribution is -2.60. The Hall–Kier alpha value is -8.91. The number of rotatable bonds is 42. The summed E-state index contributed by atoms with van der Waals surface area (Å²) < 4.78 is 0. The number of primary amides is 3. The van der Waals surface area contributed by atoms with E-state index in [-0.39, 0.29) is 83.0 Å². The van der Waals surface area contributed by atoms with Crippen LogP contribution in [0.3, 0.4) is 0 Å². The summed E-state index contributed by atoms with van der Waals surface area (Å²) in [5, 5.41) is 21.1. The SMILES string of the molecule is CSCC[C@H](NC(=O)[C@H](CC(C)C)NC(=O)CNC(=O)[C@@H](Cc1ccccc1)NC(=O)[C@H](Cc1ccccc1)NC(=O)[C@H](CCC(N)=O)NC(=O)[C@H](CCC(N)=O)NC(=O)[C@@H]1CCCN1C(=O)[C@H](CCCCN)NC(=O)[C@@H]1CCCN1C(=O)[C@H](N)CCCN=C(N)N)C(N)=O. The first-order valence-electron chi connectivity index (χ1n) is 32.2. The summed E-state index contributed by atoms with van der Waals surface area (Å²) in [5.41, 5.74) is 40.6. The molecule has 32 heteroatoms. The van der Waals surface area contributed by atoms with Crippen molar-refractivity contribution in [2.24, 2.45) is 51.0 Å². The third kappa shape index (κ3) is 27.5. The molecule has 2 aromatic rings. The molecule has 0 aliphatic carbocycles. The second-order valence-corrected chi connectivity index (χ2v) is 25.1. The largest absolute Gasteiger partial charge is 0.370 e. The van der Waals surface area contributed by atoms with Gasteiger partial charge in [0.05, 0.1) is 12.6 Å². The highest BCUT2D eigenvalue weighted by Crippen LogP contribution is 2.24. The van der Waals surface area contributed by atoms with Gasteiger partial charge in [0, 0.05) is 45.3 Å². The Morgan fingerprint density at radius 3 is 1.51 bits per heavy atom. The Labute approximate surface area is 558 Å². The molecule has 2 aromatic carbocycles. The van der Waals surface area contributed by atoms with Crippen molar-refractivity contribution < 1.29 is 62.3 Å². The number of unbranched alkanes of at least 4 members (excludes halogenated alkanes) is 1. The van der Waals surface area contributed by atoms with E-state index in [2.05, 4.69) is 47.5 Å². The number of thioether (sulfide) groups is 1. The van der Waals surface area contributed by atoms with Gasteiger partial charge in [0.1, 0.15) is 54.4 Å². The van der Waals surface area contributed by atoms with Crippen molar-refractivity contribution in [1.29, 1.82) is 0 Å². The summed E-state index contributed by atoms with van der Waals surface area (Å²) in [6.45, 7) is 3.86. The van der Waals surface area contributed by atoms with Gasteiger partial charge in [-0.3, -0.25) is 67.3 Å². The minimum Gasteiger partial charge on any atom is -0.370 e. The van der Waals surface area contributed by atoms with Gasteiger partial charge < -0.3 is 92.5 Å². The molecule has 0 bridgehead atoms. The number of guanidine groups is 1. The number of hydrogen-bond acceptors (Lipinski definition) is 17. The van der Waals surface area contributed by atoms with Gasteiger partial charge in [-0.1, -0.05) is 74.5 Å². The summed E-state index contributed by atoms with van der Waals surface area (Å²) in [6, 6.07) is 4.51. The fourth-order valence-corrected chi connectivity index (χ4v) is 11.5. The van der Waals surface area contributed by atoms with Crippen LogP contribution >= 0.6 is 11.8 Å². The number of likely N-dealkylation sites (tertiary alicyclic amines) is 2. The standard InChI is InChI=1S/C63H98N18O13S/c1-37(2)33-45(57(89)74-41(53(68)85)27-32-95-3)73-52(84)36-72-54(86)46(34-38-15-6-4-7-16-38)78-58(90)47(35-39-17-8-5-9-18-39)79-56(88)42(23-25-50(66)82)75-55(87)43(24-26-51(67)83)76-59(91)49-22-14-31-81(49)62(94)44(20-10-11-28-64)77-60(92)48-21-13-30-80(48)61(93)40(65)19-12-29-71-63(69)70/h4-9,15-18,37,40-49H,10-14,19-36,64-65H2,1-3H3,(H2,66,82)(H2,67,83)(H2,68,85)(H,72,86)(H,73,84)(H,74,89)(H,75,87)(H,76,91)(H,77,92)(H,78,90)(H,79,88)(H4,69,70,71)/t40-,41+,42+,43+,44+,45+,46-,47+,48+,49+/m1/s1. The van der Waals surface area contributed by atoms with Crippen molar-refractivity contribution in [2.45, 2.75) is 183 Å². The van der Waals surface area contributed by atoms with Crippen molar-refractivity contribution in [3.63, 3.8) is 0 Å². The van der Waals surface area contributed by atoms with Crippen LogP contribution in [-0.4, -0.2) is 198 Å². The number of carbonyl (C=O) groups excluding carboxylic acids is 13. The number of nitrogens with zero attached hydrogens (tertiary/aromatic N) is 3. The van der Waals surface area contributed by atoms with E-state index in [1.165, 1.54) is 21.6 Å². The van der Waals surface area contributed by atoms with Crippen LogP contribution in [-0.2, 0) is 75.2 Å². The summed E-state index contributed by atoms with van der Waals surface area (Å²) >= 11 is 1.45. The van der Waals surface area contributed by atoms with Crippen LogP contribution in [0.25, 0.3) is 0 Å². The van der Waals surface area contributed by atoms with Gasteiger partial charge >= 0.3 is 0 Å². The molecule has 4 rings (SSSR count). The highest BCUT2D eigenvalue weighted by atomic mass is 32.2. The number of hydrogen-bond donors (Lipinski definition) is 15. The highest BCUT2D eigenvalue weighted by Gasteiger charge is 2.42. The Morgan fingerprint density at radius 2 is 1.01 bits per heavy atom. The van der Waals surface area contributed by atoms with Gasteiger partial charge in [0.25, 0.3) is 0 Å². The molecule has 10 atom stereocenters. The maximum Gasteiger partial charge on any atom is 0.245 e. The predicted octanol–water partition coefficient (Wildman–Crippen LogP) is -3.71. The fourth-order valence-electron chi connectivity index (χ4n) is 11.0. The molecule has 0 saturated carbocycles. The summed E-state index contributed by atoms with van der Waals surface area (Å²) in [4.78, 5) is 185. The molecule has 2 saturated heterocycles. The fraction of sp³-hybridized carbons (Fsp3) is 0.587. The predicted molar refractivity (Wildman–Crippen MR) is 356 cm³/mol. The zero-order chi connectivity index (χ0) is 70.1. The van der Waals surface area contributed by atoms with Crippen LogP contribution in [0.5, 0.6) is 0 Å². The van der Waals surface area contributed by atoms with Crippen molar-refractivity contribution in [3.8, 4) is 0 Å². The smallest absolute Gasteiger partial charge is 0.245 e. The summed E-state index contributed by atoms with van der Waals surface area (Å²) in [7, 11) is 0. The zero-order valence-corrected chi connectivity index (χ0v) is 55.3. The number of nitrogens with two attached hydrogens (primary N) is 7. The van der Waals surface area contributed by atoms with Crippen LogP contribution in [0.4, 0.5) is 0 Å². The maximum atomic E-state index is 14.7. The Morgan fingerprint density at radius 1 is 0.537 bits per heavy atom. The number of benzene rings is 2. The minimum atomic E-state index is -1.64. The number of carbonyl (C=O) groups is 13. The third-order valence-electron chi connectivity index (χ3n) is 16.0. The first-order valence-corrected chi connectivity index (χ1v) is 33.6. The normalized spacial score (nSPS) is 16.8. The van der Waals surface area contributed by atoms with E-state index in [4.69, 9.17) is 40.1 Å². The first-order chi connectivity index (χ1) is 45.2. The van der Waals surface area contributed by atoms with Gasteiger partial charge in [-0.25, -0.2) is 0 Å². The molecule has 2 heterocycles. The van der Waals surface area contributed by atoms with Crippen LogP contribution < -0.4 is 82.7 Å². The molecular formula is C63H98N18O13S. The molecule has 524 valence electrons. The van der Waals surface area contributed by atoms with E-state index in [0.29, 0.717) is 55.4 Å². The molecule has 0 aromatic heterocycles. The Bertz CT molecular complexity index is 2960. The second kappa shape index (κ2) is 41.0. The number of nitrogens with one attached hydrogen (secondary N) is 8. The molecule has 0 radical (unpaired) electrons. The van der Waals surface area contributed by atoms with Crippen LogP contribution in [0, 0.1) is 5.92 Å². The lowest BCUT2D eigenvalue weighted by molar-refractivity contribution is -0.144. The average molecular weight is 1350 g/mol. The number of amides is 13.